The first-order valence-corrected chi connectivity index (χ1v) is 4.50. The quantitative estimate of drug-likeness (QED) is 0.703. The van der Waals surface area contributed by atoms with E-state index in [1.54, 1.807) is 12.1 Å². The predicted octanol–water partition coefficient (Wildman–Crippen LogP) is 0.800. The molecule has 1 fully saturated rings. The molecule has 2 rings (SSSR count). The molecule has 0 unspecified atom stereocenters. The summed E-state index contributed by atoms with van der Waals surface area (Å²) in [5.74, 6) is 0.323. The van der Waals surface area contributed by atoms with Crippen LogP contribution in [0, 0.1) is 0 Å². The highest BCUT2D eigenvalue weighted by Gasteiger charge is 2.21. The van der Waals surface area contributed by atoms with E-state index < -0.39 is 0 Å². The van der Waals surface area contributed by atoms with Crippen molar-refractivity contribution in [1.29, 1.82) is 0 Å². The third kappa shape index (κ3) is 1.60. The molecule has 0 aliphatic carbocycles. The Kier molecular flexibility index (Phi) is 2.10. The Bertz CT molecular complexity index is 279. The lowest BCUT2D eigenvalue weighted by Crippen LogP contribution is -2.56. The summed E-state index contributed by atoms with van der Waals surface area (Å²) >= 11 is 0. The molecule has 3 nitrogen and oxygen atoms in total. The molecule has 0 amide bonds. The van der Waals surface area contributed by atoms with Gasteiger partial charge in [0, 0.05) is 25.8 Å². The van der Waals surface area contributed by atoms with E-state index in [9.17, 15) is 0 Å². The molecule has 1 saturated heterocycles. The molecule has 1 aromatic carbocycles. The number of hydrogen-bond acceptors (Lipinski definition) is 3. The van der Waals surface area contributed by atoms with E-state index in [2.05, 4.69) is 17.3 Å². The number of phenolic OH excluding ortho intramolecular Hbond substituents is 1. The van der Waals surface area contributed by atoms with Gasteiger partial charge in [0.05, 0.1) is 6.04 Å². The van der Waals surface area contributed by atoms with Crippen LogP contribution in [-0.2, 0) is 0 Å². The zero-order valence-electron chi connectivity index (χ0n) is 7.70. The zero-order chi connectivity index (χ0) is 9.26. The van der Waals surface area contributed by atoms with Gasteiger partial charge in [-0.25, -0.2) is 0 Å². The summed E-state index contributed by atoms with van der Waals surface area (Å²) in [4.78, 5) is 2.23. The van der Waals surface area contributed by atoms with E-state index in [1.165, 1.54) is 0 Å². The number of benzene rings is 1. The smallest absolute Gasteiger partial charge is 0.115 e. The highest BCUT2D eigenvalue weighted by atomic mass is 16.3. The highest BCUT2D eigenvalue weighted by molar-refractivity contribution is 5.49. The molecule has 3 heteroatoms. The van der Waals surface area contributed by atoms with E-state index in [4.69, 9.17) is 5.11 Å². The van der Waals surface area contributed by atoms with Crippen molar-refractivity contribution in [2.24, 2.45) is 0 Å². The van der Waals surface area contributed by atoms with Crippen LogP contribution in [0.25, 0.3) is 0 Å². The second-order valence-electron chi connectivity index (χ2n) is 3.44. The van der Waals surface area contributed by atoms with Crippen molar-refractivity contribution < 1.29 is 5.11 Å². The largest absolute Gasteiger partial charge is 0.508 e. The van der Waals surface area contributed by atoms with E-state index in [-0.39, 0.29) is 0 Å². The number of phenols is 1. The second kappa shape index (κ2) is 3.26. The SMILES string of the molecule is CN(c1ccc(O)cc1)C1CNC1. The first-order chi connectivity index (χ1) is 6.27. The lowest BCUT2D eigenvalue weighted by atomic mass is 10.1. The first kappa shape index (κ1) is 8.38. The second-order valence-corrected chi connectivity index (χ2v) is 3.44. The fraction of sp³-hybridized carbons (Fsp3) is 0.400. The van der Waals surface area contributed by atoms with Gasteiger partial charge in [0.2, 0.25) is 0 Å². The average molecular weight is 178 g/mol. The van der Waals surface area contributed by atoms with Crippen LogP contribution in [-0.4, -0.2) is 31.3 Å². The van der Waals surface area contributed by atoms with Crippen LogP contribution < -0.4 is 10.2 Å². The number of aromatic hydroxyl groups is 1. The van der Waals surface area contributed by atoms with Crippen LogP contribution >= 0.6 is 0 Å². The minimum Gasteiger partial charge on any atom is -0.508 e. The van der Waals surface area contributed by atoms with Crippen molar-refractivity contribution in [3.8, 4) is 5.75 Å². The highest BCUT2D eigenvalue weighted by Crippen LogP contribution is 2.19. The topological polar surface area (TPSA) is 35.5 Å². The Balaban J connectivity index is 2.10. The molecule has 0 spiro atoms. The molecule has 1 heterocycles. The average Bonchev–Trinajstić information content (AvgIpc) is 2.02. The number of nitrogens with zero attached hydrogens (tertiary/aromatic N) is 1. The van der Waals surface area contributed by atoms with Crippen LogP contribution in [0.1, 0.15) is 0 Å². The maximum absolute atomic E-state index is 9.12. The van der Waals surface area contributed by atoms with Crippen LogP contribution in [0.15, 0.2) is 24.3 Å². The number of nitrogens with one attached hydrogen (secondary N) is 1. The molecular formula is C10H14N2O. The normalized spacial score (nSPS) is 16.7. The maximum Gasteiger partial charge on any atom is 0.115 e. The summed E-state index contributed by atoms with van der Waals surface area (Å²) in [5.41, 5.74) is 1.16. The zero-order valence-corrected chi connectivity index (χ0v) is 7.70. The Morgan fingerprint density at radius 1 is 1.31 bits per heavy atom. The Morgan fingerprint density at radius 2 is 1.92 bits per heavy atom. The van der Waals surface area contributed by atoms with Crippen LogP contribution in [0.4, 0.5) is 5.69 Å². The Morgan fingerprint density at radius 3 is 2.38 bits per heavy atom. The maximum atomic E-state index is 9.12. The van der Waals surface area contributed by atoms with Crippen molar-refractivity contribution in [3.05, 3.63) is 24.3 Å². The van der Waals surface area contributed by atoms with Gasteiger partial charge in [-0.05, 0) is 24.3 Å². The summed E-state index contributed by atoms with van der Waals surface area (Å²) in [6, 6.07) is 7.92. The van der Waals surface area contributed by atoms with E-state index in [0.29, 0.717) is 11.8 Å². The summed E-state index contributed by atoms with van der Waals surface area (Å²) in [5, 5.41) is 12.3. The minimum absolute atomic E-state index is 0.323. The Labute approximate surface area is 78.0 Å². The summed E-state index contributed by atoms with van der Waals surface area (Å²) in [6.45, 7) is 2.11. The van der Waals surface area contributed by atoms with Crippen molar-refractivity contribution in [1.82, 2.24) is 5.32 Å². The third-order valence-corrected chi connectivity index (χ3v) is 2.56. The number of anilines is 1. The molecule has 13 heavy (non-hydrogen) atoms. The first-order valence-electron chi connectivity index (χ1n) is 4.50. The molecule has 1 aromatic rings. The fourth-order valence-corrected chi connectivity index (χ4v) is 1.45. The summed E-state index contributed by atoms with van der Waals surface area (Å²) in [7, 11) is 2.08. The van der Waals surface area contributed by atoms with Crippen molar-refractivity contribution in [2.45, 2.75) is 6.04 Å². The third-order valence-electron chi connectivity index (χ3n) is 2.56. The molecule has 0 atom stereocenters. The minimum atomic E-state index is 0.323. The molecular weight excluding hydrogens is 164 g/mol. The Hall–Kier alpha value is -1.22. The number of likely N-dealkylation sites (N-methyl/N-ethyl adjacent to an activating group) is 1. The predicted molar refractivity (Wildman–Crippen MR) is 53.2 cm³/mol. The van der Waals surface area contributed by atoms with E-state index >= 15 is 0 Å². The molecule has 0 aromatic heterocycles. The lowest BCUT2D eigenvalue weighted by Gasteiger charge is -2.37. The van der Waals surface area contributed by atoms with E-state index in [0.717, 1.165) is 18.8 Å². The van der Waals surface area contributed by atoms with Crippen LogP contribution in [0.5, 0.6) is 5.75 Å². The van der Waals surface area contributed by atoms with Gasteiger partial charge in [0.1, 0.15) is 5.75 Å². The summed E-state index contributed by atoms with van der Waals surface area (Å²) < 4.78 is 0. The molecule has 70 valence electrons. The van der Waals surface area contributed by atoms with E-state index in [1.807, 2.05) is 12.1 Å². The lowest BCUT2D eigenvalue weighted by molar-refractivity contribution is 0.428. The molecule has 0 radical (unpaired) electrons. The van der Waals surface area contributed by atoms with Gasteiger partial charge in [-0.2, -0.15) is 0 Å². The number of rotatable bonds is 2. The van der Waals surface area contributed by atoms with Crippen molar-refractivity contribution in [2.75, 3.05) is 25.0 Å². The van der Waals surface area contributed by atoms with Gasteiger partial charge in [-0.3, -0.25) is 0 Å². The fourth-order valence-electron chi connectivity index (χ4n) is 1.45. The molecule has 0 saturated carbocycles. The van der Waals surface area contributed by atoms with Gasteiger partial charge in [0.15, 0.2) is 0 Å². The van der Waals surface area contributed by atoms with Gasteiger partial charge in [0.25, 0.3) is 0 Å². The molecule has 0 bridgehead atoms. The standard InChI is InChI=1S/C10H14N2O/c1-12(9-6-11-7-9)8-2-4-10(13)5-3-8/h2-5,9,11,13H,6-7H2,1H3. The molecule has 1 aliphatic rings. The van der Waals surface area contributed by atoms with Gasteiger partial charge in [-0.1, -0.05) is 0 Å². The molecule has 1 aliphatic heterocycles. The van der Waals surface area contributed by atoms with Gasteiger partial charge in [-0.15, -0.1) is 0 Å². The van der Waals surface area contributed by atoms with Gasteiger partial charge < -0.3 is 15.3 Å². The van der Waals surface area contributed by atoms with Crippen LogP contribution in [0.3, 0.4) is 0 Å². The monoisotopic (exact) mass is 178 g/mol. The molecule has 2 N–H and O–H groups in total. The van der Waals surface area contributed by atoms with Crippen LogP contribution in [0.2, 0.25) is 0 Å². The number of hydrogen-bond donors (Lipinski definition) is 2. The van der Waals surface area contributed by atoms with Crippen molar-refractivity contribution >= 4 is 5.69 Å². The van der Waals surface area contributed by atoms with Crippen molar-refractivity contribution in [3.63, 3.8) is 0 Å². The summed E-state index contributed by atoms with van der Waals surface area (Å²) in [6.07, 6.45) is 0. The van der Waals surface area contributed by atoms with Gasteiger partial charge >= 0.3 is 0 Å².